The molecule has 4 N–H and O–H groups in total. The zero-order chi connectivity index (χ0) is 24.9. The van der Waals surface area contributed by atoms with E-state index < -0.39 is 17.0 Å². The number of nitrogens with one attached hydrogen (secondary N) is 4. The first-order valence-corrected chi connectivity index (χ1v) is 11.1. The van der Waals surface area contributed by atoms with Gasteiger partial charge in [-0.1, -0.05) is 17.8 Å². The Hall–Kier alpha value is -4.58. The van der Waals surface area contributed by atoms with E-state index in [1.807, 2.05) is 30.3 Å². The molecule has 0 radical (unpaired) electrons. The van der Waals surface area contributed by atoms with Gasteiger partial charge in [0.15, 0.2) is 0 Å². The van der Waals surface area contributed by atoms with E-state index in [4.69, 9.17) is 0 Å². The molecule has 1 aromatic heterocycles. The number of H-pyrrole nitrogens is 1. The number of ether oxygens (including phenoxy) is 1. The summed E-state index contributed by atoms with van der Waals surface area (Å²) in [4.78, 5) is 43.4. The minimum Gasteiger partial charge on any atom is -0.453 e. The molecule has 3 amide bonds. The van der Waals surface area contributed by atoms with Gasteiger partial charge in [-0.05, 0) is 55.0 Å². The average Bonchev–Trinajstić information content (AvgIpc) is 3.23. The maximum absolute atomic E-state index is 12.4. The zero-order valence-electron chi connectivity index (χ0n) is 18.6. The molecular formula is C23H20N6O5S. The second kappa shape index (κ2) is 10.1. The number of hydrogen-bond donors (Lipinski definition) is 4. The first-order valence-electron chi connectivity index (χ1n) is 10.3. The van der Waals surface area contributed by atoms with Gasteiger partial charge in [-0.25, -0.2) is 14.6 Å². The molecule has 3 aromatic carbocycles. The van der Waals surface area contributed by atoms with E-state index in [0.717, 1.165) is 15.3 Å². The number of urea groups is 1. The number of imidazole rings is 1. The number of carbonyl (C=O) groups is 2. The van der Waals surface area contributed by atoms with Crippen molar-refractivity contribution in [3.05, 3.63) is 76.3 Å². The smallest absolute Gasteiger partial charge is 0.413 e. The quantitative estimate of drug-likeness (QED) is 0.197. The molecule has 0 saturated carbocycles. The van der Waals surface area contributed by atoms with E-state index in [9.17, 15) is 19.7 Å². The molecule has 1 heterocycles. The predicted octanol–water partition coefficient (Wildman–Crippen LogP) is 5.75. The van der Waals surface area contributed by atoms with Gasteiger partial charge in [-0.3, -0.25) is 15.4 Å². The number of nitro benzene ring substituents is 1. The summed E-state index contributed by atoms with van der Waals surface area (Å²) in [5.41, 5.74) is 2.99. The highest BCUT2D eigenvalue weighted by molar-refractivity contribution is 7.99. The number of anilines is 3. The number of benzene rings is 3. The van der Waals surface area contributed by atoms with Crippen LogP contribution in [0.1, 0.15) is 5.56 Å². The molecule has 12 heteroatoms. The summed E-state index contributed by atoms with van der Waals surface area (Å²) in [6.07, 6.45) is -0.610. The van der Waals surface area contributed by atoms with Gasteiger partial charge in [-0.2, -0.15) is 0 Å². The number of carbonyl (C=O) groups excluding carboxylic acids is 2. The maximum atomic E-state index is 12.4. The van der Waals surface area contributed by atoms with Crippen molar-refractivity contribution in [3.8, 4) is 0 Å². The Kier molecular flexibility index (Phi) is 6.83. The molecule has 11 nitrogen and oxygen atoms in total. The van der Waals surface area contributed by atoms with Crippen molar-refractivity contribution in [3.63, 3.8) is 0 Å². The van der Waals surface area contributed by atoms with Gasteiger partial charge in [0.1, 0.15) is 0 Å². The Morgan fingerprint density at radius 1 is 1.00 bits per heavy atom. The number of aromatic amines is 1. The Labute approximate surface area is 203 Å². The molecule has 0 aliphatic carbocycles. The van der Waals surface area contributed by atoms with Crippen LogP contribution in [-0.2, 0) is 4.74 Å². The van der Waals surface area contributed by atoms with E-state index in [1.165, 1.54) is 31.0 Å². The van der Waals surface area contributed by atoms with Crippen molar-refractivity contribution >= 4 is 57.9 Å². The van der Waals surface area contributed by atoms with Gasteiger partial charge >= 0.3 is 12.1 Å². The van der Waals surface area contributed by atoms with Crippen LogP contribution < -0.4 is 16.0 Å². The molecule has 0 aliphatic rings. The van der Waals surface area contributed by atoms with E-state index in [1.54, 1.807) is 25.1 Å². The summed E-state index contributed by atoms with van der Waals surface area (Å²) in [5, 5.41) is 18.8. The van der Waals surface area contributed by atoms with E-state index in [-0.39, 0.29) is 5.69 Å². The van der Waals surface area contributed by atoms with Crippen molar-refractivity contribution in [1.82, 2.24) is 9.97 Å². The maximum Gasteiger partial charge on any atom is 0.413 e. The molecule has 4 aromatic rings. The van der Waals surface area contributed by atoms with Gasteiger partial charge in [0.25, 0.3) is 5.69 Å². The van der Waals surface area contributed by atoms with Crippen LogP contribution in [0.2, 0.25) is 0 Å². The summed E-state index contributed by atoms with van der Waals surface area (Å²) in [7, 11) is 1.28. The number of amides is 3. The van der Waals surface area contributed by atoms with Gasteiger partial charge in [-0.15, -0.1) is 0 Å². The average molecular weight is 493 g/mol. The van der Waals surface area contributed by atoms with Crippen LogP contribution in [0, 0.1) is 17.0 Å². The number of rotatable bonds is 6. The lowest BCUT2D eigenvalue weighted by Gasteiger charge is -2.10. The molecule has 0 saturated heterocycles. The zero-order valence-corrected chi connectivity index (χ0v) is 19.4. The minimum atomic E-state index is -0.610. The predicted molar refractivity (Wildman–Crippen MR) is 133 cm³/mol. The standard InChI is InChI=1S/C23H20N6O5S/c1-13-3-6-15(29(32)33)11-19(13)27-22(30)24-14-4-7-16(8-5-14)35-17-9-10-18-20(12-17)26-21(25-18)28-23(31)34-2/h3-12H,1-2H3,(H2,24,27,30)(H2,25,26,28,31). The number of fused-ring (bicyclic) bond motifs is 1. The van der Waals surface area contributed by atoms with Crippen LogP contribution in [-0.4, -0.2) is 34.1 Å². The van der Waals surface area contributed by atoms with Crippen LogP contribution >= 0.6 is 11.8 Å². The molecule has 4 rings (SSSR count). The fraction of sp³-hybridized carbons (Fsp3) is 0.0870. The van der Waals surface area contributed by atoms with Crippen molar-refractivity contribution < 1.29 is 19.2 Å². The number of aromatic nitrogens is 2. The number of aryl methyl sites for hydroxylation is 1. The Morgan fingerprint density at radius 2 is 1.74 bits per heavy atom. The Bertz CT molecular complexity index is 1420. The molecule has 0 aliphatic heterocycles. The molecule has 0 atom stereocenters. The molecule has 0 unspecified atom stereocenters. The van der Waals surface area contributed by atoms with Crippen molar-refractivity contribution in [2.24, 2.45) is 0 Å². The Balaban J connectivity index is 1.38. The van der Waals surface area contributed by atoms with Gasteiger partial charge in [0, 0.05) is 27.6 Å². The highest BCUT2D eigenvalue weighted by Gasteiger charge is 2.12. The first kappa shape index (κ1) is 23.6. The molecule has 0 fully saturated rings. The minimum absolute atomic E-state index is 0.101. The third-order valence-corrected chi connectivity index (χ3v) is 5.89. The van der Waals surface area contributed by atoms with Gasteiger partial charge in [0.2, 0.25) is 5.95 Å². The van der Waals surface area contributed by atoms with E-state index in [0.29, 0.717) is 28.4 Å². The molecule has 35 heavy (non-hydrogen) atoms. The second-order valence-corrected chi connectivity index (χ2v) is 8.49. The third kappa shape index (κ3) is 5.86. The lowest BCUT2D eigenvalue weighted by Crippen LogP contribution is -2.20. The van der Waals surface area contributed by atoms with Crippen molar-refractivity contribution in [2.75, 3.05) is 23.1 Å². The van der Waals surface area contributed by atoms with Crippen LogP contribution in [0.4, 0.5) is 32.6 Å². The summed E-state index contributed by atoms with van der Waals surface area (Å²) in [6, 6.07) is 16.7. The lowest BCUT2D eigenvalue weighted by atomic mass is 10.2. The summed E-state index contributed by atoms with van der Waals surface area (Å²) in [6.45, 7) is 1.75. The van der Waals surface area contributed by atoms with Crippen molar-refractivity contribution in [1.29, 1.82) is 0 Å². The number of nitro groups is 1. The van der Waals surface area contributed by atoms with Crippen molar-refractivity contribution in [2.45, 2.75) is 16.7 Å². The Morgan fingerprint density at radius 3 is 2.46 bits per heavy atom. The largest absolute Gasteiger partial charge is 0.453 e. The van der Waals surface area contributed by atoms with Crippen LogP contribution in [0.5, 0.6) is 0 Å². The molecule has 178 valence electrons. The molecule has 0 spiro atoms. The fourth-order valence-corrected chi connectivity index (χ4v) is 3.99. The van der Waals surface area contributed by atoms with Crippen LogP contribution in [0.15, 0.2) is 70.5 Å². The highest BCUT2D eigenvalue weighted by Crippen LogP contribution is 2.31. The molecule has 0 bridgehead atoms. The highest BCUT2D eigenvalue weighted by atomic mass is 32.2. The summed E-state index contributed by atoms with van der Waals surface area (Å²) < 4.78 is 4.57. The number of non-ortho nitro benzene ring substituents is 1. The first-order chi connectivity index (χ1) is 16.8. The van der Waals surface area contributed by atoms with Crippen LogP contribution in [0.25, 0.3) is 11.0 Å². The number of nitrogens with zero attached hydrogens (tertiary/aromatic N) is 2. The third-order valence-electron chi connectivity index (χ3n) is 4.89. The SMILES string of the molecule is COC(=O)Nc1nc2cc(Sc3ccc(NC(=O)Nc4cc([N+](=O)[O-])ccc4C)cc3)ccc2[nH]1. The van der Waals surface area contributed by atoms with Gasteiger partial charge in [0.05, 0.1) is 28.8 Å². The second-order valence-electron chi connectivity index (χ2n) is 7.34. The fourth-order valence-electron chi connectivity index (χ4n) is 3.14. The number of hydrogen-bond acceptors (Lipinski definition) is 7. The lowest BCUT2D eigenvalue weighted by molar-refractivity contribution is -0.384. The summed E-state index contributed by atoms with van der Waals surface area (Å²) >= 11 is 1.51. The normalized spacial score (nSPS) is 10.6. The van der Waals surface area contributed by atoms with E-state index >= 15 is 0 Å². The monoisotopic (exact) mass is 492 g/mol. The van der Waals surface area contributed by atoms with Crippen LogP contribution in [0.3, 0.4) is 0 Å². The number of methoxy groups -OCH3 is 1. The van der Waals surface area contributed by atoms with Gasteiger partial charge < -0.3 is 20.4 Å². The van der Waals surface area contributed by atoms with E-state index in [2.05, 4.69) is 30.7 Å². The summed E-state index contributed by atoms with van der Waals surface area (Å²) in [5.74, 6) is 0.294. The molecular weight excluding hydrogens is 472 g/mol. The topological polar surface area (TPSA) is 151 Å².